The van der Waals surface area contributed by atoms with Gasteiger partial charge in [0.1, 0.15) is 30.5 Å². The van der Waals surface area contributed by atoms with Crippen molar-refractivity contribution in [3.63, 3.8) is 0 Å². The third-order valence-corrected chi connectivity index (χ3v) is 10.1. The maximum Gasteiger partial charge on any atom is 0.142 e. The fourth-order valence-corrected chi connectivity index (χ4v) is 6.93. The molecule has 5 rings (SSSR count). The molecule has 1 atom stereocenters. The lowest BCUT2D eigenvalue weighted by molar-refractivity contribution is 0.103. The van der Waals surface area contributed by atoms with Crippen molar-refractivity contribution in [3.05, 3.63) is 110 Å². The Balaban J connectivity index is 1.31. The predicted octanol–water partition coefficient (Wildman–Crippen LogP) is 7.76. The molecule has 0 amide bonds. The van der Waals surface area contributed by atoms with E-state index in [9.17, 15) is 15.3 Å². The van der Waals surface area contributed by atoms with Crippen LogP contribution in [0.1, 0.15) is 47.6 Å². The van der Waals surface area contributed by atoms with Crippen LogP contribution in [0.5, 0.6) is 17.2 Å². The monoisotopic (exact) mass is 756 g/mol. The molecular formula is C40H47Cl3N2O6. The molecule has 1 saturated heterocycles. The van der Waals surface area contributed by atoms with Crippen LogP contribution in [0.25, 0.3) is 11.1 Å². The van der Waals surface area contributed by atoms with Gasteiger partial charge in [-0.1, -0.05) is 65.1 Å². The summed E-state index contributed by atoms with van der Waals surface area (Å²) in [4.78, 5) is 2.28. The van der Waals surface area contributed by atoms with E-state index in [1.807, 2.05) is 24.3 Å². The Bertz CT molecular complexity index is 1760. The molecule has 0 saturated carbocycles. The molecule has 11 heteroatoms. The topological polar surface area (TPSA) is 104 Å². The smallest absolute Gasteiger partial charge is 0.142 e. The zero-order chi connectivity index (χ0) is 36.5. The number of halogens is 3. The van der Waals surface area contributed by atoms with Gasteiger partial charge in [0.25, 0.3) is 0 Å². The van der Waals surface area contributed by atoms with E-state index in [1.54, 1.807) is 37.3 Å². The Kier molecular flexibility index (Phi) is 13.9. The Labute approximate surface area is 315 Å². The minimum absolute atomic E-state index is 0.192. The van der Waals surface area contributed by atoms with Crippen molar-refractivity contribution in [1.82, 2.24) is 10.2 Å². The first kappa shape index (κ1) is 39.2. The number of aliphatic hydroxyl groups excluding tert-OH is 3. The highest BCUT2D eigenvalue weighted by molar-refractivity contribution is 6.34. The number of rotatable bonds is 17. The van der Waals surface area contributed by atoms with Crippen molar-refractivity contribution < 1.29 is 29.5 Å². The van der Waals surface area contributed by atoms with Crippen LogP contribution in [0.2, 0.25) is 15.1 Å². The van der Waals surface area contributed by atoms with Gasteiger partial charge >= 0.3 is 0 Å². The van der Waals surface area contributed by atoms with Gasteiger partial charge in [-0.3, -0.25) is 0 Å². The molecular weight excluding hydrogens is 711 g/mol. The maximum absolute atomic E-state index is 9.80. The third kappa shape index (κ3) is 10.5. The number of β-amino-alcohol motifs (C(OH)–C–C–N with tert-alkyl or cyclic N) is 1. The number of hydrogen-bond acceptors (Lipinski definition) is 8. The first-order chi connectivity index (χ1) is 24.5. The quantitative estimate of drug-likeness (QED) is 0.0812. The summed E-state index contributed by atoms with van der Waals surface area (Å²) in [6.45, 7) is 9.34. The number of benzene rings is 4. The van der Waals surface area contributed by atoms with Gasteiger partial charge in [-0.25, -0.2) is 0 Å². The normalized spacial score (nSPS) is 15.0. The summed E-state index contributed by atoms with van der Waals surface area (Å²) in [6, 6.07) is 21.1. The van der Waals surface area contributed by atoms with Gasteiger partial charge in [0, 0.05) is 47.9 Å². The average Bonchev–Trinajstić information content (AvgIpc) is 3.53. The van der Waals surface area contributed by atoms with Crippen molar-refractivity contribution in [2.24, 2.45) is 0 Å². The number of aliphatic hydroxyl groups is 3. The number of nitrogens with one attached hydrogen (secondary N) is 1. The van der Waals surface area contributed by atoms with E-state index >= 15 is 0 Å². The van der Waals surface area contributed by atoms with E-state index in [2.05, 4.69) is 36.2 Å². The molecule has 0 unspecified atom stereocenters. The highest BCUT2D eigenvalue weighted by atomic mass is 35.5. The van der Waals surface area contributed by atoms with Crippen molar-refractivity contribution in [1.29, 1.82) is 0 Å². The molecule has 0 spiro atoms. The molecule has 4 N–H and O–H groups in total. The van der Waals surface area contributed by atoms with Crippen LogP contribution in [0.15, 0.2) is 66.7 Å². The van der Waals surface area contributed by atoms with E-state index in [1.165, 1.54) is 0 Å². The van der Waals surface area contributed by atoms with Gasteiger partial charge in [0.05, 0.1) is 36.5 Å². The summed E-state index contributed by atoms with van der Waals surface area (Å²) in [6.07, 6.45) is 1.53. The lowest BCUT2D eigenvalue weighted by atomic mass is 9.93. The lowest BCUT2D eigenvalue weighted by Crippen LogP contribution is -2.48. The average molecular weight is 758 g/mol. The van der Waals surface area contributed by atoms with Crippen LogP contribution in [0.4, 0.5) is 0 Å². The molecule has 0 bridgehead atoms. The Morgan fingerprint density at radius 1 is 0.804 bits per heavy atom. The van der Waals surface area contributed by atoms with E-state index in [-0.39, 0.29) is 39.1 Å². The summed E-state index contributed by atoms with van der Waals surface area (Å²) in [7, 11) is 0. The summed E-state index contributed by atoms with van der Waals surface area (Å²) < 4.78 is 18.8. The molecule has 1 heterocycles. The number of likely N-dealkylation sites (tertiary alicyclic amines) is 1. The first-order valence-electron chi connectivity index (χ1n) is 17.2. The largest absolute Gasteiger partial charge is 0.493 e. The van der Waals surface area contributed by atoms with Crippen molar-refractivity contribution in [3.8, 4) is 28.4 Å². The fraction of sp³-hybridized carbons (Fsp3) is 0.400. The fourth-order valence-electron chi connectivity index (χ4n) is 6.12. The minimum atomic E-state index is -0.898. The first-order valence-corrected chi connectivity index (χ1v) is 18.3. The van der Waals surface area contributed by atoms with E-state index in [4.69, 9.17) is 49.0 Å². The molecule has 8 nitrogen and oxygen atoms in total. The van der Waals surface area contributed by atoms with Gasteiger partial charge in [-0.15, -0.1) is 0 Å². The van der Waals surface area contributed by atoms with Crippen LogP contribution in [0, 0.1) is 13.8 Å². The summed E-state index contributed by atoms with van der Waals surface area (Å²) in [5.74, 6) is 1.83. The molecule has 4 aromatic rings. The molecule has 1 aliphatic heterocycles. The van der Waals surface area contributed by atoms with Crippen LogP contribution < -0.4 is 19.5 Å². The standard InChI is InChI=1S/C40H47Cl3N2O6/c1-26-29(7-4-8-34(26)35-9-5-10-37(27(35)2)49-14-6-12-45-13-11-33(48)21-45)23-51-39-19-38(50-22-28-15-31(41)18-32(42)16-28)30(17-36(39)43)20-44-40(3,24-46)25-47/h4-5,7-10,15-19,33,44,46-48H,6,11-14,20-25H2,1-3H3/t33-/m1/s1. The van der Waals surface area contributed by atoms with Gasteiger partial charge < -0.3 is 39.7 Å². The minimum Gasteiger partial charge on any atom is -0.493 e. The van der Waals surface area contributed by atoms with Crippen molar-refractivity contribution in [2.75, 3.05) is 39.5 Å². The zero-order valence-electron chi connectivity index (χ0n) is 29.4. The van der Waals surface area contributed by atoms with Gasteiger partial charge in [0.15, 0.2) is 0 Å². The summed E-state index contributed by atoms with van der Waals surface area (Å²) >= 11 is 19.2. The van der Waals surface area contributed by atoms with Crippen LogP contribution in [-0.4, -0.2) is 71.3 Å². The second-order valence-electron chi connectivity index (χ2n) is 13.4. The SMILES string of the molecule is Cc1c(COc2cc(OCc3cc(Cl)cc(Cl)c3)c(CNC(C)(CO)CO)cc2Cl)cccc1-c1cccc(OCCCN2CC[C@@H](O)C2)c1C. The van der Waals surface area contributed by atoms with Gasteiger partial charge in [-0.05, 0) is 97.3 Å². The number of hydrogen-bond donors (Lipinski definition) is 4. The van der Waals surface area contributed by atoms with Gasteiger partial charge in [0.2, 0.25) is 0 Å². The Morgan fingerprint density at radius 3 is 2.18 bits per heavy atom. The van der Waals surface area contributed by atoms with E-state index < -0.39 is 5.54 Å². The zero-order valence-corrected chi connectivity index (χ0v) is 31.6. The van der Waals surface area contributed by atoms with Crippen LogP contribution >= 0.6 is 34.8 Å². The molecule has 0 aromatic heterocycles. The molecule has 0 aliphatic carbocycles. The summed E-state index contributed by atoms with van der Waals surface area (Å²) in [5.41, 5.74) is 5.97. The maximum atomic E-state index is 9.80. The molecule has 1 fully saturated rings. The molecule has 51 heavy (non-hydrogen) atoms. The third-order valence-electron chi connectivity index (χ3n) is 9.36. The number of ether oxygens (including phenoxy) is 3. The predicted molar refractivity (Wildman–Crippen MR) is 205 cm³/mol. The van der Waals surface area contributed by atoms with Crippen molar-refractivity contribution >= 4 is 34.8 Å². The van der Waals surface area contributed by atoms with Crippen LogP contribution in [-0.2, 0) is 19.8 Å². The number of nitrogens with zero attached hydrogens (tertiary/aromatic N) is 1. The van der Waals surface area contributed by atoms with Crippen molar-refractivity contribution in [2.45, 2.75) is 65.0 Å². The second kappa shape index (κ2) is 18.1. The molecule has 4 aromatic carbocycles. The van der Waals surface area contributed by atoms with Crippen LogP contribution in [0.3, 0.4) is 0 Å². The van der Waals surface area contributed by atoms with Gasteiger partial charge in [-0.2, -0.15) is 0 Å². The lowest BCUT2D eigenvalue weighted by Gasteiger charge is -2.27. The molecule has 274 valence electrons. The van der Waals surface area contributed by atoms with E-state index in [0.717, 1.165) is 77.2 Å². The molecule has 1 aliphatic rings. The molecule has 0 radical (unpaired) electrons. The highest BCUT2D eigenvalue weighted by Gasteiger charge is 2.23. The Hall–Kier alpha value is -3.05. The summed E-state index contributed by atoms with van der Waals surface area (Å²) in [5, 5.41) is 34.0. The highest BCUT2D eigenvalue weighted by Crippen LogP contribution is 2.37. The second-order valence-corrected chi connectivity index (χ2v) is 14.7. The Morgan fingerprint density at radius 2 is 1.49 bits per heavy atom. The van der Waals surface area contributed by atoms with E-state index in [0.29, 0.717) is 33.2 Å².